The highest BCUT2D eigenvalue weighted by Crippen LogP contribution is 2.16. The van der Waals surface area contributed by atoms with Crippen LogP contribution in [0.15, 0.2) is 18.2 Å². The molecule has 1 aromatic carbocycles. The van der Waals surface area contributed by atoms with Gasteiger partial charge in [-0.15, -0.1) is 0 Å². The van der Waals surface area contributed by atoms with Gasteiger partial charge >= 0.3 is 0 Å². The van der Waals surface area contributed by atoms with Crippen LogP contribution in [-0.2, 0) is 4.79 Å². The summed E-state index contributed by atoms with van der Waals surface area (Å²) in [4.78, 5) is 22.3. The van der Waals surface area contributed by atoms with Crippen LogP contribution >= 0.6 is 12.2 Å². The summed E-state index contributed by atoms with van der Waals surface area (Å²) in [6.07, 6.45) is 2.14. The number of amides is 1. The number of benzene rings is 1. The van der Waals surface area contributed by atoms with Gasteiger partial charge in [-0.2, -0.15) is 0 Å². The molecule has 1 amide bonds. The topological polar surface area (TPSA) is 81.3 Å². The molecule has 5 nitrogen and oxygen atoms in total. The highest BCUT2D eigenvalue weighted by molar-refractivity contribution is 7.80. The maximum atomic E-state index is 11.5. The van der Waals surface area contributed by atoms with Gasteiger partial charge in [0.05, 0.1) is 5.97 Å². The number of hydrogen-bond donors (Lipinski definition) is 2. The van der Waals surface area contributed by atoms with Gasteiger partial charge in [0.15, 0.2) is 5.11 Å². The number of aromatic carboxylic acids is 1. The van der Waals surface area contributed by atoms with Gasteiger partial charge in [0.25, 0.3) is 0 Å². The van der Waals surface area contributed by atoms with Crippen LogP contribution in [0.2, 0.25) is 0 Å². The van der Waals surface area contributed by atoms with E-state index in [1.807, 2.05) is 13.8 Å². The van der Waals surface area contributed by atoms with E-state index in [0.717, 1.165) is 18.4 Å². The number of carbonyl (C=O) groups is 2. The Labute approximate surface area is 123 Å². The lowest BCUT2D eigenvalue weighted by Crippen LogP contribution is -2.34. The monoisotopic (exact) mass is 293 g/mol. The first-order valence-corrected chi connectivity index (χ1v) is 6.77. The van der Waals surface area contributed by atoms with Crippen molar-refractivity contribution in [3.8, 4) is 0 Å². The molecule has 108 valence electrons. The standard InChI is InChI=1S/C14H18N2O3S/c1-3-4-5-12(17)16-14(20)15-11-8-10(13(18)19)7-6-9(11)2/h6-8H,3-5H2,1-2H3,(H,18,19)(H2,15,16,17,20)/p-1. The molecule has 0 aliphatic carbocycles. The van der Waals surface area contributed by atoms with Crippen molar-refractivity contribution in [2.75, 3.05) is 5.32 Å². The third kappa shape index (κ3) is 4.97. The summed E-state index contributed by atoms with van der Waals surface area (Å²) >= 11 is 5.03. The molecule has 6 heteroatoms. The zero-order chi connectivity index (χ0) is 15.1. The van der Waals surface area contributed by atoms with Crippen molar-refractivity contribution < 1.29 is 14.7 Å². The maximum absolute atomic E-state index is 11.5. The van der Waals surface area contributed by atoms with Gasteiger partial charge in [0.2, 0.25) is 5.91 Å². The number of anilines is 1. The van der Waals surface area contributed by atoms with Crippen LogP contribution in [0.25, 0.3) is 0 Å². The number of hydrogen-bond acceptors (Lipinski definition) is 4. The largest absolute Gasteiger partial charge is 0.545 e. The molecular weight excluding hydrogens is 276 g/mol. The van der Waals surface area contributed by atoms with Crippen molar-refractivity contribution in [3.63, 3.8) is 0 Å². The first-order valence-electron chi connectivity index (χ1n) is 6.37. The van der Waals surface area contributed by atoms with Crippen molar-refractivity contribution in [1.29, 1.82) is 0 Å². The molecular formula is C14H17N2O3S-. The fourth-order valence-corrected chi connectivity index (χ4v) is 1.79. The van der Waals surface area contributed by atoms with E-state index in [2.05, 4.69) is 10.6 Å². The van der Waals surface area contributed by atoms with E-state index in [9.17, 15) is 14.7 Å². The summed E-state index contributed by atoms with van der Waals surface area (Å²) in [5.41, 5.74) is 1.41. The normalized spacial score (nSPS) is 9.90. The number of unbranched alkanes of at least 4 members (excludes halogenated alkanes) is 1. The molecule has 0 bridgehead atoms. The SMILES string of the molecule is CCCCC(=O)NC(=S)Nc1cc(C(=O)[O-])ccc1C. The molecule has 1 rings (SSSR count). The molecule has 0 aliphatic rings. The van der Waals surface area contributed by atoms with E-state index in [0.29, 0.717) is 12.1 Å². The number of thiocarbonyl (C=S) groups is 1. The van der Waals surface area contributed by atoms with E-state index in [-0.39, 0.29) is 16.6 Å². The number of aryl methyl sites for hydroxylation is 1. The molecule has 0 radical (unpaired) electrons. The minimum atomic E-state index is -1.26. The first kappa shape index (κ1) is 16.1. The van der Waals surface area contributed by atoms with E-state index in [1.54, 1.807) is 6.07 Å². The van der Waals surface area contributed by atoms with Gasteiger partial charge in [0, 0.05) is 12.1 Å². The maximum Gasteiger partial charge on any atom is 0.226 e. The molecule has 0 fully saturated rings. The predicted octanol–water partition coefficient (Wildman–Crippen LogP) is 1.36. The fourth-order valence-electron chi connectivity index (χ4n) is 1.56. The molecule has 0 saturated carbocycles. The Hall–Kier alpha value is -1.95. The van der Waals surface area contributed by atoms with Crippen LogP contribution in [0.5, 0.6) is 0 Å². The lowest BCUT2D eigenvalue weighted by Gasteiger charge is -2.13. The van der Waals surface area contributed by atoms with Crippen LogP contribution in [0, 0.1) is 6.92 Å². The van der Waals surface area contributed by atoms with E-state index < -0.39 is 5.97 Å². The Morgan fingerprint density at radius 1 is 1.35 bits per heavy atom. The lowest BCUT2D eigenvalue weighted by molar-refractivity contribution is -0.255. The molecule has 0 aliphatic heterocycles. The van der Waals surface area contributed by atoms with Gasteiger partial charge in [-0.1, -0.05) is 25.5 Å². The molecule has 0 aromatic heterocycles. The Morgan fingerprint density at radius 2 is 2.05 bits per heavy atom. The van der Waals surface area contributed by atoms with Crippen molar-refractivity contribution >= 4 is 34.9 Å². The minimum absolute atomic E-state index is 0.0539. The summed E-state index contributed by atoms with van der Waals surface area (Å²) in [5, 5.41) is 16.3. The smallest absolute Gasteiger partial charge is 0.226 e. The van der Waals surface area contributed by atoms with Crippen LogP contribution in [-0.4, -0.2) is 17.0 Å². The summed E-state index contributed by atoms with van der Waals surface area (Å²) in [7, 11) is 0. The molecule has 20 heavy (non-hydrogen) atoms. The summed E-state index contributed by atoms with van der Waals surface area (Å²) in [6.45, 7) is 3.81. The van der Waals surface area contributed by atoms with Gasteiger partial charge in [-0.25, -0.2) is 0 Å². The molecule has 0 saturated heterocycles. The second kappa shape index (κ2) is 7.59. The Bertz CT molecular complexity index is 529. The minimum Gasteiger partial charge on any atom is -0.545 e. The average molecular weight is 293 g/mol. The van der Waals surface area contributed by atoms with Crippen LogP contribution < -0.4 is 15.7 Å². The van der Waals surface area contributed by atoms with Crippen molar-refractivity contribution in [1.82, 2.24) is 5.32 Å². The zero-order valence-electron chi connectivity index (χ0n) is 11.5. The molecule has 0 heterocycles. The second-order valence-corrected chi connectivity index (χ2v) is 4.83. The van der Waals surface area contributed by atoms with Gasteiger partial charge in [-0.05, 0) is 42.8 Å². The molecule has 1 aromatic rings. The number of carbonyl (C=O) groups excluding carboxylic acids is 2. The van der Waals surface area contributed by atoms with Crippen LogP contribution in [0.4, 0.5) is 5.69 Å². The van der Waals surface area contributed by atoms with Crippen molar-refractivity contribution in [2.45, 2.75) is 33.1 Å². The lowest BCUT2D eigenvalue weighted by atomic mass is 10.1. The molecule has 2 N–H and O–H groups in total. The third-order valence-corrected chi connectivity index (χ3v) is 2.94. The Morgan fingerprint density at radius 3 is 2.65 bits per heavy atom. The van der Waals surface area contributed by atoms with E-state index in [4.69, 9.17) is 12.2 Å². The van der Waals surface area contributed by atoms with Gasteiger partial charge in [0.1, 0.15) is 0 Å². The van der Waals surface area contributed by atoms with Crippen LogP contribution in [0.1, 0.15) is 42.1 Å². The van der Waals surface area contributed by atoms with Crippen molar-refractivity contribution in [2.24, 2.45) is 0 Å². The zero-order valence-corrected chi connectivity index (χ0v) is 12.3. The Balaban J connectivity index is 2.68. The average Bonchev–Trinajstić information content (AvgIpc) is 2.38. The molecule has 0 atom stereocenters. The highest BCUT2D eigenvalue weighted by Gasteiger charge is 2.06. The van der Waals surface area contributed by atoms with Gasteiger partial charge in [-0.3, -0.25) is 4.79 Å². The van der Waals surface area contributed by atoms with E-state index >= 15 is 0 Å². The number of carboxylic acid groups (broad SMARTS) is 1. The molecule has 0 spiro atoms. The second-order valence-electron chi connectivity index (χ2n) is 4.42. The molecule has 0 unspecified atom stereocenters. The number of rotatable bonds is 5. The van der Waals surface area contributed by atoms with Crippen LogP contribution in [0.3, 0.4) is 0 Å². The number of carboxylic acids is 1. The van der Waals surface area contributed by atoms with Gasteiger partial charge < -0.3 is 20.5 Å². The van der Waals surface area contributed by atoms with Crippen molar-refractivity contribution in [3.05, 3.63) is 29.3 Å². The predicted molar refractivity (Wildman–Crippen MR) is 79.4 cm³/mol. The third-order valence-electron chi connectivity index (χ3n) is 2.73. The summed E-state index contributed by atoms with van der Waals surface area (Å²) in [6, 6.07) is 4.53. The summed E-state index contributed by atoms with van der Waals surface area (Å²) < 4.78 is 0. The Kier molecular flexibility index (Phi) is 6.11. The number of nitrogens with one attached hydrogen (secondary N) is 2. The summed E-state index contributed by atoms with van der Waals surface area (Å²) in [5.74, 6) is -1.41. The quantitative estimate of drug-likeness (QED) is 0.801. The van der Waals surface area contributed by atoms with E-state index in [1.165, 1.54) is 12.1 Å². The highest BCUT2D eigenvalue weighted by atomic mass is 32.1. The fraction of sp³-hybridized carbons (Fsp3) is 0.357. The first-order chi connectivity index (χ1) is 9.43.